The summed E-state index contributed by atoms with van der Waals surface area (Å²) in [6, 6.07) is 27.2. The van der Waals surface area contributed by atoms with Crippen LogP contribution in [0.25, 0.3) is 11.3 Å². The van der Waals surface area contributed by atoms with Gasteiger partial charge in [0.25, 0.3) is 0 Å². The lowest BCUT2D eigenvalue weighted by Gasteiger charge is -2.34. The first-order valence-corrected chi connectivity index (χ1v) is 25.4. The zero-order valence-electron chi connectivity index (χ0n) is 43.2. The van der Waals surface area contributed by atoms with Crippen LogP contribution in [0.3, 0.4) is 0 Å². The largest absolute Gasteiger partial charge is 0.457 e. The quantitative estimate of drug-likeness (QED) is 0.129. The average molecular weight is 1020 g/mol. The molecule has 17 heteroatoms. The van der Waals surface area contributed by atoms with E-state index in [1.54, 1.807) is 33.2 Å². The van der Waals surface area contributed by atoms with Gasteiger partial charge in [-0.15, -0.1) is 0 Å². The van der Waals surface area contributed by atoms with Crippen molar-refractivity contribution in [1.82, 2.24) is 39.8 Å². The maximum Gasteiger partial charge on any atom is 0.247 e. The lowest BCUT2D eigenvalue weighted by atomic mass is 9.93. The third-order valence-corrected chi connectivity index (χ3v) is 14.2. The van der Waals surface area contributed by atoms with Gasteiger partial charge in [-0.1, -0.05) is 60.1 Å². The van der Waals surface area contributed by atoms with E-state index in [1.165, 1.54) is 34.7 Å². The number of hydrogen-bond donors (Lipinski definition) is 2. The van der Waals surface area contributed by atoms with Crippen LogP contribution >= 0.6 is 11.6 Å². The van der Waals surface area contributed by atoms with Gasteiger partial charge in [-0.2, -0.15) is 0 Å². The molecule has 3 unspecified atom stereocenters. The van der Waals surface area contributed by atoms with Crippen LogP contribution in [-0.2, 0) is 61.7 Å². The lowest BCUT2D eigenvalue weighted by molar-refractivity contribution is -0.146. The maximum absolute atomic E-state index is 15.1. The Balaban J connectivity index is 1.22. The van der Waals surface area contributed by atoms with Crippen molar-refractivity contribution in [2.45, 2.75) is 76.7 Å². The molecule has 7 rings (SSSR count). The highest BCUT2D eigenvalue weighted by molar-refractivity contribution is 6.30. The van der Waals surface area contributed by atoms with Crippen molar-refractivity contribution in [3.05, 3.63) is 131 Å². The Morgan fingerprint density at radius 3 is 2.18 bits per heavy atom. The molecule has 16 nitrogen and oxygen atoms in total. The Hall–Kier alpha value is -6.75. The van der Waals surface area contributed by atoms with Gasteiger partial charge in [0.15, 0.2) is 0 Å². The van der Waals surface area contributed by atoms with Crippen LogP contribution in [0.4, 0.5) is 5.69 Å². The SMILES string of the molecule is COCC1NC(=O)C(C)N(Cc2ccc(N(C)C)cc2Oc2ccc(-c3cnc(CN4CCCC4)n3C)cc2)C(=O)C[C@@H](Cc2ccccc2)C(=O)N(C)CCNC(=O)CC(Cc2ccc(Cl)cc2)N(C)C1=O. The highest BCUT2D eigenvalue weighted by atomic mass is 35.5. The van der Waals surface area contributed by atoms with E-state index in [0.717, 1.165) is 53.5 Å². The van der Waals surface area contributed by atoms with Gasteiger partial charge in [-0.05, 0) is 99.3 Å². The zero-order valence-corrected chi connectivity index (χ0v) is 43.9. The van der Waals surface area contributed by atoms with E-state index in [-0.39, 0.29) is 57.3 Å². The Morgan fingerprint density at radius 1 is 0.795 bits per heavy atom. The summed E-state index contributed by atoms with van der Waals surface area (Å²) in [5.74, 6) is -0.949. The molecule has 2 aliphatic heterocycles. The van der Waals surface area contributed by atoms with Crippen LogP contribution in [0, 0.1) is 5.92 Å². The molecule has 388 valence electrons. The Morgan fingerprint density at radius 2 is 1.49 bits per heavy atom. The second kappa shape index (κ2) is 25.3. The highest BCUT2D eigenvalue weighted by Gasteiger charge is 2.36. The van der Waals surface area contributed by atoms with E-state index < -0.39 is 41.8 Å². The number of nitrogens with zero attached hydrogens (tertiary/aromatic N) is 7. The predicted molar refractivity (Wildman–Crippen MR) is 283 cm³/mol. The second-order valence-corrected chi connectivity index (χ2v) is 19.9. The van der Waals surface area contributed by atoms with Gasteiger partial charge in [-0.3, -0.25) is 28.9 Å². The number of methoxy groups -OCH3 is 1. The average Bonchev–Trinajstić information content (AvgIpc) is 4.04. The Labute approximate surface area is 434 Å². The van der Waals surface area contributed by atoms with E-state index in [4.69, 9.17) is 26.1 Å². The number of aromatic nitrogens is 2. The number of ether oxygens (including phenoxy) is 2. The van der Waals surface area contributed by atoms with Gasteiger partial charge >= 0.3 is 0 Å². The summed E-state index contributed by atoms with van der Waals surface area (Å²) in [5, 5.41) is 6.37. The van der Waals surface area contributed by atoms with Gasteiger partial charge in [0.1, 0.15) is 29.4 Å². The van der Waals surface area contributed by atoms with E-state index >= 15 is 4.79 Å². The molecule has 4 aromatic carbocycles. The van der Waals surface area contributed by atoms with Crippen LogP contribution in [0.1, 0.15) is 55.1 Å². The van der Waals surface area contributed by atoms with Crippen molar-refractivity contribution >= 4 is 46.8 Å². The summed E-state index contributed by atoms with van der Waals surface area (Å²) in [7, 11) is 10.6. The van der Waals surface area contributed by atoms with Gasteiger partial charge < -0.3 is 44.3 Å². The molecular formula is C56H70ClN9O7. The van der Waals surface area contributed by atoms with E-state index in [2.05, 4.69) is 20.1 Å². The van der Waals surface area contributed by atoms with Crippen molar-refractivity contribution in [3.63, 3.8) is 0 Å². The van der Waals surface area contributed by atoms with Crippen LogP contribution in [0.15, 0.2) is 103 Å². The van der Waals surface area contributed by atoms with E-state index in [9.17, 15) is 19.2 Å². The molecular weight excluding hydrogens is 946 g/mol. The first-order chi connectivity index (χ1) is 35.1. The van der Waals surface area contributed by atoms with Crippen molar-refractivity contribution in [3.8, 4) is 22.8 Å². The molecule has 0 saturated carbocycles. The summed E-state index contributed by atoms with van der Waals surface area (Å²) in [6.45, 7) is 4.63. The summed E-state index contributed by atoms with van der Waals surface area (Å²) in [6.07, 6.45) is 4.59. The maximum atomic E-state index is 15.1. The lowest BCUT2D eigenvalue weighted by Crippen LogP contribution is -2.57. The fraction of sp³-hybridized carbons (Fsp3) is 0.429. The number of halogens is 1. The Bertz CT molecular complexity index is 2670. The predicted octanol–water partition coefficient (Wildman–Crippen LogP) is 6.34. The second-order valence-electron chi connectivity index (χ2n) is 19.5. The van der Waals surface area contributed by atoms with Crippen LogP contribution in [0.5, 0.6) is 11.5 Å². The molecule has 0 aliphatic carbocycles. The monoisotopic (exact) mass is 1020 g/mol. The molecule has 0 radical (unpaired) electrons. The first kappa shape index (κ1) is 54.0. The summed E-state index contributed by atoms with van der Waals surface area (Å²) in [4.78, 5) is 85.9. The molecule has 0 spiro atoms. The number of carbonyl (C=O) groups excluding carboxylic acids is 5. The number of hydrogen-bond acceptors (Lipinski definition) is 10. The number of imidazole rings is 1. The molecule has 4 atom stereocenters. The van der Waals surface area contributed by atoms with Crippen molar-refractivity contribution in [2.75, 3.05) is 73.0 Å². The van der Waals surface area contributed by atoms with Gasteiger partial charge in [0.2, 0.25) is 29.5 Å². The number of carbonyl (C=O) groups is 5. The number of likely N-dealkylation sites (tertiary alicyclic amines) is 1. The third kappa shape index (κ3) is 14.3. The fourth-order valence-corrected chi connectivity index (χ4v) is 9.61. The molecule has 2 aliphatic rings. The molecule has 3 heterocycles. The van der Waals surface area contributed by atoms with Gasteiger partial charge in [0.05, 0.1) is 37.5 Å². The Kier molecular flexibility index (Phi) is 18.7. The number of anilines is 1. The fourth-order valence-electron chi connectivity index (χ4n) is 9.48. The van der Waals surface area contributed by atoms with Crippen LogP contribution < -0.4 is 20.3 Å². The van der Waals surface area contributed by atoms with Gasteiger partial charge in [-0.25, -0.2) is 4.98 Å². The minimum absolute atomic E-state index is 0.0587. The molecule has 2 fully saturated rings. The van der Waals surface area contributed by atoms with Crippen molar-refractivity contribution < 1.29 is 33.4 Å². The van der Waals surface area contributed by atoms with E-state index in [1.807, 2.05) is 117 Å². The molecule has 5 aromatic rings. The number of benzene rings is 4. The van der Waals surface area contributed by atoms with Crippen LogP contribution in [0.2, 0.25) is 5.02 Å². The minimum Gasteiger partial charge on any atom is -0.457 e. The number of rotatable bonds is 14. The zero-order chi connectivity index (χ0) is 52.2. The summed E-state index contributed by atoms with van der Waals surface area (Å²) >= 11 is 6.20. The van der Waals surface area contributed by atoms with Gasteiger partial charge in [0, 0.05) is 102 Å². The molecule has 2 saturated heterocycles. The molecule has 73 heavy (non-hydrogen) atoms. The number of amides is 5. The first-order valence-electron chi connectivity index (χ1n) is 25.1. The molecule has 0 bridgehead atoms. The minimum atomic E-state index is -1.18. The summed E-state index contributed by atoms with van der Waals surface area (Å²) in [5.41, 5.74) is 5.13. The molecule has 1 aromatic heterocycles. The van der Waals surface area contributed by atoms with Crippen molar-refractivity contribution in [1.29, 1.82) is 0 Å². The van der Waals surface area contributed by atoms with Crippen molar-refractivity contribution in [2.24, 2.45) is 13.0 Å². The number of nitrogens with one attached hydrogen (secondary N) is 2. The molecule has 2 N–H and O–H groups in total. The normalized spacial score (nSPS) is 20.2. The smallest absolute Gasteiger partial charge is 0.247 e. The topological polar surface area (TPSA) is 162 Å². The highest BCUT2D eigenvalue weighted by Crippen LogP contribution is 2.33. The standard InChI is InChI=1S/C56H70ClN9O7/c1-38-54(69)60-48(37-72-7)56(71)63(5)46(30-40-15-20-44(57)21-16-40)33-52(67)58-25-28-62(4)55(70)43(29-39-13-9-8-10-14-39)31-53(68)66(38)35-42-17-22-45(61(2)3)32-50(42)73-47-23-18-41(19-24-47)49-34-59-51(64(49)6)36-65-26-11-12-27-65/h8-10,13-24,32,34,38,43,46,48H,11-12,25-31,33,35-37H2,1-7H3,(H,58,67)(H,60,69)/t38?,43-,46?,48?/m1/s1. The molecule has 5 amide bonds. The third-order valence-electron chi connectivity index (χ3n) is 14.0. The van der Waals surface area contributed by atoms with Crippen LogP contribution in [-0.4, -0.2) is 145 Å². The summed E-state index contributed by atoms with van der Waals surface area (Å²) < 4.78 is 14.3. The van der Waals surface area contributed by atoms with E-state index in [0.29, 0.717) is 28.5 Å². The number of likely N-dealkylation sites (N-methyl/N-ethyl adjacent to an activating group) is 2.